The van der Waals surface area contributed by atoms with Crippen LogP contribution in [0.25, 0.3) is 0 Å². The maximum atomic E-state index is 12.6. The molecular formula is C21H28N2O5S. The zero-order valence-electron chi connectivity index (χ0n) is 17.4. The highest BCUT2D eigenvalue weighted by molar-refractivity contribution is 7.92. The van der Waals surface area contributed by atoms with Crippen LogP contribution in [0.2, 0.25) is 0 Å². The molecule has 2 aromatic rings. The van der Waals surface area contributed by atoms with Gasteiger partial charge < -0.3 is 14.8 Å². The molecule has 0 radical (unpaired) electrons. The van der Waals surface area contributed by atoms with Crippen LogP contribution in [0, 0.1) is 13.8 Å². The van der Waals surface area contributed by atoms with Gasteiger partial charge in [0.1, 0.15) is 24.1 Å². The van der Waals surface area contributed by atoms with Gasteiger partial charge in [-0.1, -0.05) is 12.1 Å². The Hall–Kier alpha value is -2.74. The zero-order chi connectivity index (χ0) is 21.6. The monoisotopic (exact) mass is 420 g/mol. The number of ether oxygens (including phenoxy) is 2. The van der Waals surface area contributed by atoms with Crippen LogP contribution >= 0.6 is 0 Å². The summed E-state index contributed by atoms with van der Waals surface area (Å²) < 4.78 is 36.6. The molecule has 0 heterocycles. The van der Waals surface area contributed by atoms with E-state index >= 15 is 0 Å². The Labute approximate surface area is 172 Å². The smallest absolute Gasteiger partial charge is 0.243 e. The lowest BCUT2D eigenvalue weighted by Gasteiger charge is -2.28. The fraction of sp³-hybridized carbons (Fsp3) is 0.381. The van der Waals surface area contributed by atoms with Gasteiger partial charge >= 0.3 is 0 Å². The molecule has 0 bridgehead atoms. The van der Waals surface area contributed by atoms with E-state index in [1.807, 2.05) is 32.0 Å². The third-order valence-electron chi connectivity index (χ3n) is 4.54. The van der Waals surface area contributed by atoms with Crippen LogP contribution in [0.3, 0.4) is 0 Å². The molecular weight excluding hydrogens is 392 g/mol. The minimum atomic E-state index is -3.65. The van der Waals surface area contributed by atoms with E-state index in [2.05, 4.69) is 5.32 Å². The molecule has 0 aromatic heterocycles. The molecule has 0 saturated carbocycles. The van der Waals surface area contributed by atoms with Crippen LogP contribution < -0.4 is 19.1 Å². The highest BCUT2D eigenvalue weighted by Gasteiger charge is 2.29. The number of aryl methyl sites for hydroxylation is 2. The Morgan fingerprint density at radius 1 is 1.10 bits per heavy atom. The summed E-state index contributed by atoms with van der Waals surface area (Å²) in [5.41, 5.74) is 2.47. The van der Waals surface area contributed by atoms with Crippen molar-refractivity contribution in [3.8, 4) is 11.5 Å². The van der Waals surface area contributed by atoms with E-state index < -0.39 is 22.0 Å². The largest absolute Gasteiger partial charge is 0.497 e. The van der Waals surface area contributed by atoms with Crippen molar-refractivity contribution in [1.29, 1.82) is 0 Å². The highest BCUT2D eigenvalue weighted by atomic mass is 32.2. The van der Waals surface area contributed by atoms with Gasteiger partial charge in [-0.3, -0.25) is 9.10 Å². The van der Waals surface area contributed by atoms with Gasteiger partial charge in [-0.05, 0) is 56.2 Å². The van der Waals surface area contributed by atoms with E-state index in [4.69, 9.17) is 9.47 Å². The van der Waals surface area contributed by atoms with E-state index in [1.165, 1.54) is 0 Å². The standard InChI is InChI=1S/C21H28N2O5S/c1-15-9-10-18(13-16(15)2)23(29(5,25)26)17(3)21(24)22-11-12-28-20-8-6-7-19(14-20)27-4/h6-10,13-14,17H,11-12H2,1-5H3,(H,22,24)/t17-/m1/s1. The molecule has 0 aliphatic carbocycles. The number of methoxy groups -OCH3 is 1. The number of carbonyl (C=O) groups is 1. The Kier molecular flexibility index (Phi) is 7.50. The minimum absolute atomic E-state index is 0.241. The minimum Gasteiger partial charge on any atom is -0.497 e. The summed E-state index contributed by atoms with van der Waals surface area (Å²) in [6.07, 6.45) is 1.10. The zero-order valence-corrected chi connectivity index (χ0v) is 18.2. The number of hydrogen-bond donors (Lipinski definition) is 1. The fourth-order valence-corrected chi connectivity index (χ4v) is 4.02. The molecule has 8 heteroatoms. The molecule has 1 amide bonds. The van der Waals surface area contributed by atoms with Gasteiger partial charge in [0.25, 0.3) is 0 Å². The lowest BCUT2D eigenvalue weighted by Crippen LogP contribution is -2.48. The van der Waals surface area contributed by atoms with E-state index in [9.17, 15) is 13.2 Å². The van der Waals surface area contributed by atoms with E-state index in [-0.39, 0.29) is 13.2 Å². The number of hydrogen-bond acceptors (Lipinski definition) is 5. The first-order valence-electron chi connectivity index (χ1n) is 9.24. The van der Waals surface area contributed by atoms with Crippen LogP contribution in [0.5, 0.6) is 11.5 Å². The van der Waals surface area contributed by atoms with Crippen molar-refractivity contribution in [2.45, 2.75) is 26.8 Å². The summed E-state index contributed by atoms with van der Waals surface area (Å²) in [4.78, 5) is 12.6. The van der Waals surface area contributed by atoms with E-state index in [0.717, 1.165) is 21.7 Å². The lowest BCUT2D eigenvalue weighted by atomic mass is 10.1. The van der Waals surface area contributed by atoms with Crippen LogP contribution in [-0.4, -0.2) is 46.9 Å². The topological polar surface area (TPSA) is 84.9 Å². The SMILES string of the molecule is COc1cccc(OCCNC(=O)[C@@H](C)N(c2ccc(C)c(C)c2)S(C)(=O)=O)c1. The first-order valence-corrected chi connectivity index (χ1v) is 11.1. The third kappa shape index (κ3) is 6.12. The molecule has 158 valence electrons. The van der Waals surface area contributed by atoms with E-state index in [1.54, 1.807) is 38.3 Å². The first-order chi connectivity index (χ1) is 13.6. The molecule has 0 spiro atoms. The Bertz CT molecular complexity index is 959. The molecule has 0 aliphatic rings. The van der Waals surface area contributed by atoms with Crippen molar-refractivity contribution < 1.29 is 22.7 Å². The van der Waals surface area contributed by atoms with Crippen LogP contribution in [0.1, 0.15) is 18.1 Å². The third-order valence-corrected chi connectivity index (χ3v) is 5.79. The number of nitrogens with one attached hydrogen (secondary N) is 1. The molecule has 0 unspecified atom stereocenters. The Morgan fingerprint density at radius 2 is 1.79 bits per heavy atom. The van der Waals surface area contributed by atoms with Crippen molar-refractivity contribution in [3.05, 3.63) is 53.6 Å². The summed E-state index contributed by atoms with van der Waals surface area (Å²) in [6, 6.07) is 11.6. The van der Waals surface area contributed by atoms with Gasteiger partial charge in [0.05, 0.1) is 25.6 Å². The Morgan fingerprint density at radius 3 is 2.41 bits per heavy atom. The molecule has 7 nitrogen and oxygen atoms in total. The van der Waals surface area contributed by atoms with Crippen molar-refractivity contribution in [2.75, 3.05) is 30.8 Å². The van der Waals surface area contributed by atoms with Gasteiger partial charge in [-0.15, -0.1) is 0 Å². The molecule has 2 aromatic carbocycles. The lowest BCUT2D eigenvalue weighted by molar-refractivity contribution is -0.121. The number of sulfonamides is 1. The molecule has 1 N–H and O–H groups in total. The number of rotatable bonds is 9. The highest BCUT2D eigenvalue weighted by Crippen LogP contribution is 2.24. The molecule has 1 atom stereocenters. The molecule has 0 fully saturated rings. The predicted octanol–water partition coefficient (Wildman–Crippen LogP) is 2.66. The van der Waals surface area contributed by atoms with Gasteiger partial charge in [0, 0.05) is 6.07 Å². The van der Waals surface area contributed by atoms with Crippen LogP contribution in [0.15, 0.2) is 42.5 Å². The quantitative estimate of drug-likeness (QED) is 0.631. The number of benzene rings is 2. The number of nitrogens with zero attached hydrogens (tertiary/aromatic N) is 1. The molecule has 0 saturated heterocycles. The van der Waals surface area contributed by atoms with Crippen LogP contribution in [0.4, 0.5) is 5.69 Å². The predicted molar refractivity (Wildman–Crippen MR) is 114 cm³/mol. The summed E-state index contributed by atoms with van der Waals surface area (Å²) in [6.45, 7) is 5.90. The number of anilines is 1. The van der Waals surface area contributed by atoms with Crippen molar-refractivity contribution >= 4 is 21.6 Å². The van der Waals surface area contributed by atoms with Crippen molar-refractivity contribution in [1.82, 2.24) is 5.32 Å². The van der Waals surface area contributed by atoms with Gasteiger partial charge in [0.2, 0.25) is 15.9 Å². The normalized spacial score (nSPS) is 12.2. The maximum Gasteiger partial charge on any atom is 0.243 e. The average Bonchev–Trinajstić information content (AvgIpc) is 2.67. The second kappa shape index (κ2) is 9.65. The second-order valence-corrected chi connectivity index (χ2v) is 8.68. The van der Waals surface area contributed by atoms with Gasteiger partial charge in [-0.25, -0.2) is 8.42 Å². The number of amides is 1. The molecule has 0 aliphatic heterocycles. The average molecular weight is 421 g/mol. The van der Waals surface area contributed by atoms with Crippen molar-refractivity contribution in [3.63, 3.8) is 0 Å². The summed E-state index contributed by atoms with van der Waals surface area (Å²) in [5.74, 6) is 0.903. The molecule has 29 heavy (non-hydrogen) atoms. The molecule has 2 rings (SSSR count). The summed E-state index contributed by atoms with van der Waals surface area (Å²) >= 11 is 0. The fourth-order valence-electron chi connectivity index (χ4n) is 2.85. The summed E-state index contributed by atoms with van der Waals surface area (Å²) in [7, 11) is -2.07. The number of carbonyl (C=O) groups excluding carboxylic acids is 1. The van der Waals surface area contributed by atoms with Crippen LogP contribution in [-0.2, 0) is 14.8 Å². The maximum absolute atomic E-state index is 12.6. The Balaban J connectivity index is 2.00. The van der Waals surface area contributed by atoms with E-state index in [0.29, 0.717) is 17.2 Å². The van der Waals surface area contributed by atoms with Gasteiger partial charge in [-0.2, -0.15) is 0 Å². The second-order valence-electron chi connectivity index (χ2n) is 6.82. The first kappa shape index (κ1) is 22.5. The summed E-state index contributed by atoms with van der Waals surface area (Å²) in [5, 5.41) is 2.73. The van der Waals surface area contributed by atoms with Gasteiger partial charge in [0.15, 0.2) is 0 Å². The van der Waals surface area contributed by atoms with Crippen molar-refractivity contribution in [2.24, 2.45) is 0 Å².